The van der Waals surface area contributed by atoms with Crippen molar-refractivity contribution >= 4 is 10.9 Å². The van der Waals surface area contributed by atoms with Gasteiger partial charge in [-0.25, -0.2) is 4.39 Å². The number of hydrogen-bond donors (Lipinski definition) is 0. The van der Waals surface area contributed by atoms with Crippen LogP contribution in [-0.2, 0) is 6.54 Å². The summed E-state index contributed by atoms with van der Waals surface area (Å²) in [6.45, 7) is 2.78. The predicted molar refractivity (Wildman–Crippen MR) is 110 cm³/mol. The minimum Gasteiger partial charge on any atom is -0.342 e. The van der Waals surface area contributed by atoms with E-state index in [9.17, 15) is 4.39 Å². The van der Waals surface area contributed by atoms with Crippen LogP contribution in [0.5, 0.6) is 0 Å². The average molecular weight is 367 g/mol. The maximum absolute atomic E-state index is 14.0. The topological polar surface area (TPSA) is 30.7 Å². The molecule has 0 atom stereocenters. The minimum atomic E-state index is -0.272. The molecule has 0 N–H and O–H groups in total. The number of hydrogen-bond acceptors (Lipinski definition) is 2. The minimum absolute atomic E-state index is 0.272. The van der Waals surface area contributed by atoms with Gasteiger partial charge in [-0.15, -0.1) is 10.2 Å². The highest BCUT2D eigenvalue weighted by Crippen LogP contribution is 2.36. The van der Waals surface area contributed by atoms with Crippen molar-refractivity contribution in [2.45, 2.75) is 13.5 Å². The van der Waals surface area contributed by atoms with Gasteiger partial charge in [0, 0.05) is 29.3 Å². The molecule has 0 amide bonds. The number of benzene rings is 3. The highest BCUT2D eigenvalue weighted by molar-refractivity contribution is 5.98. The lowest BCUT2D eigenvalue weighted by molar-refractivity contribution is 0.629. The van der Waals surface area contributed by atoms with Gasteiger partial charge in [-0.2, -0.15) is 0 Å². The molecule has 0 radical (unpaired) electrons. The first-order valence-electron chi connectivity index (χ1n) is 9.25. The maximum Gasteiger partial charge on any atom is 0.124 e. The third-order valence-electron chi connectivity index (χ3n) is 5.05. The van der Waals surface area contributed by atoms with Gasteiger partial charge in [0.2, 0.25) is 0 Å². The van der Waals surface area contributed by atoms with Crippen molar-refractivity contribution in [2.24, 2.45) is 0 Å². The third kappa shape index (κ3) is 2.83. The fourth-order valence-corrected chi connectivity index (χ4v) is 3.76. The van der Waals surface area contributed by atoms with Crippen LogP contribution in [-0.4, -0.2) is 14.8 Å². The highest BCUT2D eigenvalue weighted by Gasteiger charge is 2.20. The summed E-state index contributed by atoms with van der Waals surface area (Å²) < 4.78 is 16.2. The molecule has 3 aromatic rings. The van der Waals surface area contributed by atoms with Crippen molar-refractivity contribution < 1.29 is 4.39 Å². The highest BCUT2D eigenvalue weighted by atomic mass is 19.1. The van der Waals surface area contributed by atoms with Crippen molar-refractivity contribution in [1.82, 2.24) is 14.8 Å². The Kier molecular flexibility index (Phi) is 3.90. The average Bonchev–Trinajstić information content (AvgIpc) is 3.13. The van der Waals surface area contributed by atoms with E-state index in [1.165, 1.54) is 17.2 Å². The molecular weight excluding hydrogens is 349 g/mol. The summed E-state index contributed by atoms with van der Waals surface area (Å²) in [5, 5.41) is 9.60. The van der Waals surface area contributed by atoms with E-state index in [2.05, 4.69) is 52.2 Å². The van der Waals surface area contributed by atoms with Crippen LogP contribution in [0.25, 0.3) is 33.4 Å². The summed E-state index contributed by atoms with van der Waals surface area (Å²) >= 11 is 0. The molecule has 0 spiro atoms. The van der Waals surface area contributed by atoms with Crippen LogP contribution in [0.4, 0.5) is 4.39 Å². The summed E-state index contributed by atoms with van der Waals surface area (Å²) in [5.41, 5.74) is 6.84. The molecule has 3 aromatic carbocycles. The number of aryl methyl sites for hydroxylation is 1. The van der Waals surface area contributed by atoms with Gasteiger partial charge in [0.15, 0.2) is 0 Å². The Morgan fingerprint density at radius 3 is 2.50 bits per heavy atom. The van der Waals surface area contributed by atoms with E-state index in [1.54, 1.807) is 6.07 Å². The Hall–Kier alpha value is -3.53. The number of fused-ring (bicyclic) bond motifs is 3. The van der Waals surface area contributed by atoms with Crippen LogP contribution in [0.15, 0.2) is 79.0 Å². The lowest BCUT2D eigenvalue weighted by Crippen LogP contribution is -2.04. The van der Waals surface area contributed by atoms with Crippen molar-refractivity contribution in [2.75, 3.05) is 0 Å². The monoisotopic (exact) mass is 367 g/mol. The number of halogens is 1. The second-order valence-corrected chi connectivity index (χ2v) is 7.08. The summed E-state index contributed by atoms with van der Waals surface area (Å²) in [6.07, 6.45) is 2.08. The largest absolute Gasteiger partial charge is 0.342 e. The quantitative estimate of drug-likeness (QED) is 0.410. The Balaban J connectivity index is 1.76. The van der Waals surface area contributed by atoms with Gasteiger partial charge in [0.25, 0.3) is 0 Å². The van der Waals surface area contributed by atoms with Crippen molar-refractivity contribution in [3.8, 4) is 22.5 Å². The van der Waals surface area contributed by atoms with Crippen LogP contribution >= 0.6 is 0 Å². The molecule has 0 saturated carbocycles. The fraction of sp³-hybridized carbons (Fsp3) is 0.0833. The van der Waals surface area contributed by atoms with Crippen molar-refractivity contribution in [1.29, 1.82) is 0 Å². The molecule has 0 unspecified atom stereocenters. The van der Waals surface area contributed by atoms with Gasteiger partial charge in [-0.3, -0.25) is 0 Å². The van der Waals surface area contributed by atoms with E-state index in [1.807, 2.05) is 36.4 Å². The molecule has 2 heterocycles. The van der Waals surface area contributed by atoms with E-state index in [0.29, 0.717) is 6.54 Å². The SMILES string of the molecule is Cc1cccc(Cn2cc3c(-c4ccccc4)nnc-3c3cc(F)ccc32)c1. The summed E-state index contributed by atoms with van der Waals surface area (Å²) in [5.74, 6) is -0.272. The zero-order valence-corrected chi connectivity index (χ0v) is 15.4. The van der Waals surface area contributed by atoms with E-state index < -0.39 is 0 Å². The molecule has 3 nitrogen and oxygen atoms in total. The fourth-order valence-electron chi connectivity index (χ4n) is 3.76. The molecule has 5 rings (SSSR count). The van der Waals surface area contributed by atoms with Crippen LogP contribution < -0.4 is 0 Å². The van der Waals surface area contributed by atoms with Crippen molar-refractivity contribution in [3.05, 3.63) is 95.9 Å². The van der Waals surface area contributed by atoms with Gasteiger partial charge in [0.05, 0.1) is 5.52 Å². The number of aromatic nitrogens is 3. The Morgan fingerprint density at radius 1 is 0.857 bits per heavy atom. The lowest BCUT2D eigenvalue weighted by Gasteiger charge is -2.15. The van der Waals surface area contributed by atoms with E-state index in [4.69, 9.17) is 0 Å². The maximum atomic E-state index is 14.0. The van der Waals surface area contributed by atoms with Gasteiger partial charge >= 0.3 is 0 Å². The Labute approximate surface area is 162 Å². The molecule has 0 aromatic heterocycles. The molecule has 0 saturated heterocycles. The van der Waals surface area contributed by atoms with Gasteiger partial charge in [-0.05, 0) is 30.7 Å². The number of rotatable bonds is 3. The van der Waals surface area contributed by atoms with E-state index >= 15 is 0 Å². The van der Waals surface area contributed by atoms with Crippen LogP contribution in [0.2, 0.25) is 0 Å². The zero-order chi connectivity index (χ0) is 19.1. The standard InChI is InChI=1S/C24H18FN3/c1-16-6-5-7-17(12-16)14-28-15-21-23(18-8-3-2-4-9-18)26-27-24(21)20-13-19(25)10-11-22(20)28/h2-13,15H,14H2,1H3. The molecule has 0 bridgehead atoms. The van der Waals surface area contributed by atoms with Crippen LogP contribution in [0, 0.1) is 12.7 Å². The third-order valence-corrected chi connectivity index (χ3v) is 5.05. The first-order chi connectivity index (χ1) is 13.7. The predicted octanol–water partition coefficient (Wildman–Crippen LogP) is 5.70. The molecular formula is C24H18FN3. The van der Waals surface area contributed by atoms with Crippen molar-refractivity contribution in [3.63, 3.8) is 0 Å². The Morgan fingerprint density at radius 2 is 1.68 bits per heavy atom. The summed E-state index contributed by atoms with van der Waals surface area (Å²) in [7, 11) is 0. The van der Waals surface area contributed by atoms with Crippen LogP contribution in [0.3, 0.4) is 0 Å². The molecule has 4 heteroatoms. The van der Waals surface area contributed by atoms with Gasteiger partial charge in [-0.1, -0.05) is 60.2 Å². The smallest absolute Gasteiger partial charge is 0.124 e. The van der Waals surface area contributed by atoms with E-state index in [-0.39, 0.29) is 5.82 Å². The Bertz CT molecular complexity index is 1260. The second-order valence-electron chi connectivity index (χ2n) is 7.08. The van der Waals surface area contributed by atoms with Gasteiger partial charge < -0.3 is 4.57 Å². The molecule has 2 aliphatic heterocycles. The molecule has 2 aliphatic rings. The van der Waals surface area contributed by atoms with Crippen LogP contribution in [0.1, 0.15) is 11.1 Å². The second kappa shape index (κ2) is 6.57. The first kappa shape index (κ1) is 16.6. The lowest BCUT2D eigenvalue weighted by atomic mass is 10.0. The zero-order valence-electron chi connectivity index (χ0n) is 15.4. The molecule has 136 valence electrons. The first-order valence-corrected chi connectivity index (χ1v) is 9.25. The van der Waals surface area contributed by atoms with E-state index in [0.717, 1.165) is 33.4 Å². The number of nitrogens with zero attached hydrogens (tertiary/aromatic N) is 3. The molecule has 28 heavy (non-hydrogen) atoms. The number of pyridine rings is 1. The normalized spacial score (nSPS) is 11.4. The summed E-state index contributed by atoms with van der Waals surface area (Å²) in [4.78, 5) is 0. The summed E-state index contributed by atoms with van der Waals surface area (Å²) in [6, 6.07) is 23.3. The van der Waals surface area contributed by atoms with Gasteiger partial charge in [0.1, 0.15) is 17.2 Å². The molecule has 0 aliphatic carbocycles. The molecule has 0 fully saturated rings.